The Morgan fingerprint density at radius 2 is 1.88 bits per heavy atom. The number of benzene rings is 2. The Balaban J connectivity index is 1.30. The maximum absolute atomic E-state index is 14.7. The van der Waals surface area contributed by atoms with Crippen molar-refractivity contribution in [2.75, 3.05) is 16.4 Å². The summed E-state index contributed by atoms with van der Waals surface area (Å²) in [5.41, 5.74) is 13.5. The van der Waals surface area contributed by atoms with Crippen LogP contribution >= 0.6 is 0 Å². The van der Waals surface area contributed by atoms with Crippen molar-refractivity contribution >= 4 is 34.2 Å². The third-order valence-corrected chi connectivity index (χ3v) is 5.74. The first-order valence-corrected chi connectivity index (χ1v) is 10.9. The minimum absolute atomic E-state index is 0.0715. The van der Waals surface area contributed by atoms with E-state index in [1.165, 1.54) is 6.07 Å². The summed E-state index contributed by atoms with van der Waals surface area (Å²) in [5.74, 6) is 1.26. The van der Waals surface area contributed by atoms with E-state index >= 15 is 0 Å². The van der Waals surface area contributed by atoms with Crippen LogP contribution in [0.25, 0.3) is 10.9 Å². The first kappa shape index (κ1) is 21.0. The van der Waals surface area contributed by atoms with E-state index in [1.807, 2.05) is 6.07 Å². The van der Waals surface area contributed by atoms with Crippen molar-refractivity contribution in [2.45, 2.75) is 37.8 Å². The minimum Gasteiger partial charge on any atom is -0.454 e. The van der Waals surface area contributed by atoms with Crippen LogP contribution in [0.1, 0.15) is 25.7 Å². The van der Waals surface area contributed by atoms with Gasteiger partial charge in [-0.15, -0.1) is 0 Å². The summed E-state index contributed by atoms with van der Waals surface area (Å²) in [7, 11) is 0. The zero-order valence-electron chi connectivity index (χ0n) is 17.9. The zero-order chi connectivity index (χ0) is 22.8. The molecule has 10 heteroatoms. The van der Waals surface area contributed by atoms with Gasteiger partial charge in [-0.3, -0.25) is 5.10 Å². The highest BCUT2D eigenvalue weighted by atomic mass is 19.1. The number of hydrogen-bond donors (Lipinski definition) is 5. The molecular weight excluding hydrogens is 423 g/mol. The third-order valence-electron chi connectivity index (χ3n) is 5.74. The van der Waals surface area contributed by atoms with Crippen molar-refractivity contribution in [3.8, 4) is 11.5 Å². The third kappa shape index (κ3) is 4.80. The lowest BCUT2D eigenvalue weighted by atomic mass is 9.91. The number of rotatable bonds is 6. The average molecular weight is 449 g/mol. The van der Waals surface area contributed by atoms with E-state index in [-0.39, 0.29) is 23.8 Å². The smallest absolute Gasteiger partial charge is 0.223 e. The molecule has 0 radical (unpaired) electrons. The van der Waals surface area contributed by atoms with Crippen LogP contribution in [0.3, 0.4) is 0 Å². The Bertz CT molecular complexity index is 1280. The first-order chi connectivity index (χ1) is 16.0. The normalized spacial score (nSPS) is 18.2. The molecule has 0 spiro atoms. The predicted octanol–water partition coefficient (Wildman–Crippen LogP) is 4.29. The fourth-order valence-electron chi connectivity index (χ4n) is 4.05. The average Bonchev–Trinajstić information content (AvgIpc) is 3.25. The number of hydrogen-bond acceptors (Lipinski definition) is 8. The second kappa shape index (κ2) is 8.91. The lowest BCUT2D eigenvalue weighted by Crippen LogP contribution is -2.42. The quantitative estimate of drug-likeness (QED) is 0.294. The van der Waals surface area contributed by atoms with Gasteiger partial charge in [-0.1, -0.05) is 12.8 Å². The summed E-state index contributed by atoms with van der Waals surface area (Å²) < 4.78 is 20.4. The van der Waals surface area contributed by atoms with Crippen molar-refractivity contribution in [1.82, 2.24) is 20.2 Å². The number of fused-ring (bicyclic) bond motifs is 1. The summed E-state index contributed by atoms with van der Waals surface area (Å²) in [5, 5.41) is 14.2. The van der Waals surface area contributed by atoms with Gasteiger partial charge in [-0.2, -0.15) is 15.1 Å². The van der Waals surface area contributed by atoms with Gasteiger partial charge in [0.15, 0.2) is 11.6 Å². The standard InChI is InChI=1S/C23H25FN8O/c24-16-10-14(5-8-20(16)33-15-6-7-18-13(9-15)12-27-32-18)28-21-11-22(31-23(26)30-21)29-19-4-2-1-3-17(19)25/h5-12,17,19H,1-4,25H2,(H,27,32)(H4,26,28,29,30,31)/t17-,19-/m1/s1. The fourth-order valence-corrected chi connectivity index (χ4v) is 4.05. The van der Waals surface area contributed by atoms with Crippen molar-refractivity contribution in [1.29, 1.82) is 0 Å². The predicted molar refractivity (Wildman–Crippen MR) is 126 cm³/mol. The molecule has 2 heterocycles. The molecule has 9 nitrogen and oxygen atoms in total. The number of aromatic amines is 1. The van der Waals surface area contributed by atoms with Gasteiger partial charge in [-0.05, 0) is 43.2 Å². The lowest BCUT2D eigenvalue weighted by Gasteiger charge is -2.29. The van der Waals surface area contributed by atoms with Gasteiger partial charge < -0.3 is 26.8 Å². The molecular formula is C23H25FN8O. The van der Waals surface area contributed by atoms with Gasteiger partial charge in [0.2, 0.25) is 5.95 Å². The molecule has 0 unspecified atom stereocenters. The topological polar surface area (TPSA) is 140 Å². The Kier molecular flexibility index (Phi) is 5.66. The van der Waals surface area contributed by atoms with Crippen molar-refractivity contribution in [2.24, 2.45) is 5.73 Å². The van der Waals surface area contributed by atoms with Crippen LogP contribution in [-0.2, 0) is 0 Å². The second-order valence-corrected chi connectivity index (χ2v) is 8.19. The molecule has 4 aromatic rings. The molecule has 170 valence electrons. The van der Waals surface area contributed by atoms with Gasteiger partial charge in [0.25, 0.3) is 0 Å². The molecule has 1 aliphatic rings. The number of nitrogens with one attached hydrogen (secondary N) is 3. The van der Waals surface area contributed by atoms with E-state index < -0.39 is 5.82 Å². The van der Waals surface area contributed by atoms with Crippen LogP contribution in [0, 0.1) is 5.82 Å². The van der Waals surface area contributed by atoms with E-state index in [1.54, 1.807) is 36.5 Å². The van der Waals surface area contributed by atoms with E-state index in [9.17, 15) is 4.39 Å². The SMILES string of the molecule is Nc1nc(Nc2ccc(Oc3ccc4[nH]ncc4c3)c(F)c2)cc(N[C@@H]2CCCC[C@H]2N)n1. The van der Waals surface area contributed by atoms with Gasteiger partial charge in [0.1, 0.15) is 17.4 Å². The molecule has 5 rings (SSSR count). The molecule has 2 aromatic heterocycles. The monoisotopic (exact) mass is 448 g/mol. The number of anilines is 4. The van der Waals surface area contributed by atoms with Gasteiger partial charge >= 0.3 is 0 Å². The van der Waals surface area contributed by atoms with Crippen molar-refractivity contribution < 1.29 is 9.13 Å². The maximum atomic E-state index is 14.7. The van der Waals surface area contributed by atoms with Gasteiger partial charge in [0.05, 0.1) is 11.7 Å². The van der Waals surface area contributed by atoms with E-state index in [2.05, 4.69) is 30.8 Å². The highest BCUT2D eigenvalue weighted by Gasteiger charge is 2.22. The summed E-state index contributed by atoms with van der Waals surface area (Å²) in [6, 6.07) is 11.9. The molecule has 2 atom stereocenters. The summed E-state index contributed by atoms with van der Waals surface area (Å²) in [4.78, 5) is 8.47. The second-order valence-electron chi connectivity index (χ2n) is 8.19. The van der Waals surface area contributed by atoms with Crippen LogP contribution < -0.4 is 26.8 Å². The fraction of sp³-hybridized carbons (Fsp3) is 0.261. The Morgan fingerprint density at radius 3 is 2.73 bits per heavy atom. The van der Waals surface area contributed by atoms with E-state index in [4.69, 9.17) is 16.2 Å². The molecule has 0 saturated heterocycles. The van der Waals surface area contributed by atoms with Crippen LogP contribution in [-0.4, -0.2) is 32.2 Å². The number of nitrogen functional groups attached to an aromatic ring is 1. The number of nitrogens with two attached hydrogens (primary N) is 2. The van der Waals surface area contributed by atoms with Crippen LogP contribution in [0.5, 0.6) is 11.5 Å². The number of H-pyrrole nitrogens is 1. The molecule has 0 bridgehead atoms. The van der Waals surface area contributed by atoms with Gasteiger partial charge in [-0.25, -0.2) is 4.39 Å². The Hall–Kier alpha value is -3.92. The molecule has 1 aliphatic carbocycles. The minimum atomic E-state index is -0.513. The highest BCUT2D eigenvalue weighted by Crippen LogP contribution is 2.30. The van der Waals surface area contributed by atoms with Crippen LogP contribution in [0.4, 0.5) is 27.7 Å². The number of aromatic nitrogens is 4. The first-order valence-electron chi connectivity index (χ1n) is 10.9. The highest BCUT2D eigenvalue weighted by molar-refractivity contribution is 5.79. The molecule has 7 N–H and O–H groups in total. The summed E-state index contributed by atoms with van der Waals surface area (Å²) >= 11 is 0. The number of halogens is 1. The van der Waals surface area contributed by atoms with Crippen molar-refractivity contribution in [3.63, 3.8) is 0 Å². The molecule has 1 fully saturated rings. The molecule has 2 aromatic carbocycles. The lowest BCUT2D eigenvalue weighted by molar-refractivity contribution is 0.403. The number of nitrogens with zero attached hydrogens (tertiary/aromatic N) is 3. The van der Waals surface area contributed by atoms with Crippen molar-refractivity contribution in [3.05, 3.63) is 54.5 Å². The van der Waals surface area contributed by atoms with Crippen LogP contribution in [0.2, 0.25) is 0 Å². The maximum Gasteiger partial charge on any atom is 0.223 e. The Morgan fingerprint density at radius 1 is 1.03 bits per heavy atom. The summed E-state index contributed by atoms with van der Waals surface area (Å²) in [6.45, 7) is 0. The molecule has 0 amide bonds. The molecule has 0 aliphatic heterocycles. The van der Waals surface area contributed by atoms with Crippen LogP contribution in [0.15, 0.2) is 48.7 Å². The molecule has 1 saturated carbocycles. The zero-order valence-corrected chi connectivity index (χ0v) is 17.9. The van der Waals surface area contributed by atoms with E-state index in [0.717, 1.165) is 36.6 Å². The number of ether oxygens (including phenoxy) is 1. The summed E-state index contributed by atoms with van der Waals surface area (Å²) in [6.07, 6.45) is 5.91. The van der Waals surface area contributed by atoms with E-state index in [0.29, 0.717) is 23.1 Å². The van der Waals surface area contributed by atoms with Gasteiger partial charge in [0, 0.05) is 35.3 Å². The Labute approximate surface area is 189 Å². The largest absolute Gasteiger partial charge is 0.454 e. The molecule has 33 heavy (non-hydrogen) atoms.